The van der Waals surface area contributed by atoms with Gasteiger partial charge < -0.3 is 4.74 Å². The molecule has 0 spiro atoms. The maximum absolute atomic E-state index is 11.8. The molecule has 0 radical (unpaired) electrons. The van der Waals surface area contributed by atoms with Crippen LogP contribution >= 0.6 is 11.8 Å². The smallest absolute Gasteiger partial charge is 0.317 e. The quantitative estimate of drug-likeness (QED) is 0.343. The highest BCUT2D eigenvalue weighted by molar-refractivity contribution is 8.13. The third-order valence-corrected chi connectivity index (χ3v) is 3.47. The third kappa shape index (κ3) is 4.92. The molecule has 0 saturated carbocycles. The predicted octanol–water partition coefficient (Wildman–Crippen LogP) is 3.28. The van der Waals surface area contributed by atoms with Crippen LogP contribution in [0.4, 0.5) is 0 Å². The Morgan fingerprint density at radius 1 is 1.28 bits per heavy atom. The van der Waals surface area contributed by atoms with Gasteiger partial charge in [-0.2, -0.15) is 0 Å². The molecule has 1 aromatic rings. The van der Waals surface area contributed by atoms with E-state index in [9.17, 15) is 9.59 Å². The molecule has 0 aliphatic carbocycles. The number of ether oxygens (including phenoxy) is 1. The summed E-state index contributed by atoms with van der Waals surface area (Å²) in [7, 11) is 0. The number of carbonyl (C=O) groups excluding carboxylic acids is 2. The van der Waals surface area contributed by atoms with Crippen molar-refractivity contribution in [3.63, 3.8) is 0 Å². The van der Waals surface area contributed by atoms with Gasteiger partial charge in [-0.05, 0) is 25.5 Å². The first-order valence-electron chi connectivity index (χ1n) is 6.08. The van der Waals surface area contributed by atoms with Crippen molar-refractivity contribution >= 4 is 22.8 Å². The molecule has 0 heterocycles. The topological polar surface area (TPSA) is 43.4 Å². The van der Waals surface area contributed by atoms with Crippen molar-refractivity contribution in [2.45, 2.75) is 31.6 Å². The standard InChI is InChI=1S/C14H18O3S/c1-3-4-10-17-13(15)11(2)14(16)18-12-8-6-5-7-9-12/h5-9,11H,3-4,10H2,1-2H3. The van der Waals surface area contributed by atoms with Crippen LogP contribution in [-0.4, -0.2) is 17.7 Å². The van der Waals surface area contributed by atoms with E-state index in [1.54, 1.807) is 6.92 Å². The normalized spacial score (nSPS) is 11.9. The van der Waals surface area contributed by atoms with E-state index in [4.69, 9.17) is 4.74 Å². The van der Waals surface area contributed by atoms with E-state index < -0.39 is 11.9 Å². The monoisotopic (exact) mass is 266 g/mol. The van der Waals surface area contributed by atoms with E-state index in [1.165, 1.54) is 0 Å². The summed E-state index contributed by atoms with van der Waals surface area (Å²) >= 11 is 1.08. The van der Waals surface area contributed by atoms with E-state index >= 15 is 0 Å². The van der Waals surface area contributed by atoms with Crippen molar-refractivity contribution < 1.29 is 14.3 Å². The number of carbonyl (C=O) groups is 2. The second-order valence-electron chi connectivity index (χ2n) is 3.98. The fourth-order valence-electron chi connectivity index (χ4n) is 1.23. The van der Waals surface area contributed by atoms with Gasteiger partial charge in [-0.3, -0.25) is 9.59 Å². The summed E-state index contributed by atoms with van der Waals surface area (Å²) in [6.45, 7) is 4.00. The molecule has 0 fully saturated rings. The first-order chi connectivity index (χ1) is 8.65. The lowest BCUT2D eigenvalue weighted by Crippen LogP contribution is -2.21. The average Bonchev–Trinajstić information content (AvgIpc) is 2.39. The zero-order valence-corrected chi connectivity index (χ0v) is 11.5. The Labute approximate surface area is 112 Å². The van der Waals surface area contributed by atoms with E-state index in [-0.39, 0.29) is 5.12 Å². The molecule has 98 valence electrons. The van der Waals surface area contributed by atoms with E-state index in [0.717, 1.165) is 29.5 Å². The summed E-state index contributed by atoms with van der Waals surface area (Å²) in [5, 5.41) is -0.178. The number of thioether (sulfide) groups is 1. The zero-order valence-electron chi connectivity index (χ0n) is 10.7. The largest absolute Gasteiger partial charge is 0.465 e. The number of rotatable bonds is 6. The summed E-state index contributed by atoms with van der Waals surface area (Å²) < 4.78 is 5.03. The molecule has 3 nitrogen and oxygen atoms in total. The molecule has 1 rings (SSSR count). The molecule has 4 heteroatoms. The minimum atomic E-state index is -0.716. The van der Waals surface area contributed by atoms with Crippen molar-refractivity contribution in [3.8, 4) is 0 Å². The zero-order chi connectivity index (χ0) is 13.4. The SMILES string of the molecule is CCCCOC(=O)C(C)C(=O)Sc1ccccc1. The Hall–Kier alpha value is -1.29. The van der Waals surface area contributed by atoms with Gasteiger partial charge in [0.2, 0.25) is 5.12 Å². The Bertz CT molecular complexity index is 389. The van der Waals surface area contributed by atoms with Crippen LogP contribution in [0.1, 0.15) is 26.7 Å². The van der Waals surface area contributed by atoms with Crippen molar-refractivity contribution in [2.75, 3.05) is 6.61 Å². The molecule has 18 heavy (non-hydrogen) atoms. The number of hydrogen-bond acceptors (Lipinski definition) is 4. The molecule has 1 unspecified atom stereocenters. The fourth-order valence-corrected chi connectivity index (χ4v) is 2.03. The molecule has 0 aliphatic rings. The van der Waals surface area contributed by atoms with Crippen LogP contribution in [-0.2, 0) is 14.3 Å². The summed E-state index contributed by atoms with van der Waals surface area (Å²) in [6, 6.07) is 9.30. The third-order valence-electron chi connectivity index (χ3n) is 2.41. The van der Waals surface area contributed by atoms with Crippen molar-refractivity contribution in [1.82, 2.24) is 0 Å². The summed E-state index contributed by atoms with van der Waals surface area (Å²) in [5.74, 6) is -1.15. The van der Waals surface area contributed by atoms with Gasteiger partial charge in [0.1, 0.15) is 5.92 Å². The number of hydrogen-bond donors (Lipinski definition) is 0. The molecule has 1 atom stereocenters. The van der Waals surface area contributed by atoms with Crippen LogP contribution < -0.4 is 0 Å². The maximum Gasteiger partial charge on any atom is 0.317 e. The van der Waals surface area contributed by atoms with Gasteiger partial charge in [0, 0.05) is 4.90 Å². The second-order valence-corrected chi connectivity index (χ2v) is 5.05. The lowest BCUT2D eigenvalue weighted by Gasteiger charge is -2.09. The molecule has 0 aliphatic heterocycles. The van der Waals surface area contributed by atoms with Crippen molar-refractivity contribution in [2.24, 2.45) is 5.92 Å². The first kappa shape index (κ1) is 14.8. The minimum Gasteiger partial charge on any atom is -0.465 e. The van der Waals surface area contributed by atoms with Crippen LogP contribution in [0.15, 0.2) is 35.2 Å². The maximum atomic E-state index is 11.8. The summed E-state index contributed by atoms with van der Waals surface area (Å²) in [4.78, 5) is 24.3. The highest BCUT2D eigenvalue weighted by Gasteiger charge is 2.23. The predicted molar refractivity (Wildman–Crippen MR) is 72.3 cm³/mol. The fraction of sp³-hybridized carbons (Fsp3) is 0.429. The van der Waals surface area contributed by atoms with Crippen LogP contribution in [0.2, 0.25) is 0 Å². The molecule has 0 bridgehead atoms. The molecule has 1 aromatic carbocycles. The molecular weight excluding hydrogens is 248 g/mol. The number of benzene rings is 1. The van der Waals surface area contributed by atoms with E-state index in [0.29, 0.717) is 6.61 Å². The molecule has 0 amide bonds. The molecule has 0 saturated heterocycles. The van der Waals surface area contributed by atoms with E-state index in [1.807, 2.05) is 37.3 Å². The molecular formula is C14H18O3S. The lowest BCUT2D eigenvalue weighted by molar-refractivity contribution is -0.149. The van der Waals surface area contributed by atoms with Gasteiger partial charge in [-0.15, -0.1) is 0 Å². The Balaban J connectivity index is 2.43. The van der Waals surface area contributed by atoms with Crippen LogP contribution in [0.5, 0.6) is 0 Å². The van der Waals surface area contributed by atoms with Gasteiger partial charge in [0.05, 0.1) is 6.61 Å². The highest BCUT2D eigenvalue weighted by Crippen LogP contribution is 2.22. The summed E-state index contributed by atoms with van der Waals surface area (Å²) in [5.41, 5.74) is 0. The second kappa shape index (κ2) is 7.93. The van der Waals surface area contributed by atoms with Crippen molar-refractivity contribution in [3.05, 3.63) is 30.3 Å². The summed E-state index contributed by atoms with van der Waals surface area (Å²) in [6.07, 6.45) is 1.80. The molecule has 0 N–H and O–H groups in total. The van der Waals surface area contributed by atoms with Gasteiger partial charge in [-0.25, -0.2) is 0 Å². The Kier molecular flexibility index (Phi) is 6.50. The van der Waals surface area contributed by atoms with Gasteiger partial charge >= 0.3 is 5.97 Å². The van der Waals surface area contributed by atoms with Crippen LogP contribution in [0.3, 0.4) is 0 Å². The highest BCUT2D eigenvalue weighted by atomic mass is 32.2. The van der Waals surface area contributed by atoms with Crippen molar-refractivity contribution in [1.29, 1.82) is 0 Å². The first-order valence-corrected chi connectivity index (χ1v) is 6.90. The minimum absolute atomic E-state index is 0.178. The molecule has 0 aromatic heterocycles. The lowest BCUT2D eigenvalue weighted by atomic mass is 10.2. The van der Waals surface area contributed by atoms with E-state index in [2.05, 4.69) is 0 Å². The van der Waals surface area contributed by atoms with Gasteiger partial charge in [0.15, 0.2) is 0 Å². The number of esters is 1. The number of unbranched alkanes of at least 4 members (excludes halogenated alkanes) is 1. The van der Waals surface area contributed by atoms with Gasteiger partial charge in [-0.1, -0.05) is 43.3 Å². The average molecular weight is 266 g/mol. The Morgan fingerprint density at radius 2 is 1.94 bits per heavy atom. The Morgan fingerprint density at radius 3 is 2.56 bits per heavy atom. The van der Waals surface area contributed by atoms with Gasteiger partial charge in [0.25, 0.3) is 0 Å². The van der Waals surface area contributed by atoms with Crippen LogP contribution in [0, 0.1) is 5.92 Å². The van der Waals surface area contributed by atoms with Crippen LogP contribution in [0.25, 0.3) is 0 Å².